The van der Waals surface area contributed by atoms with Gasteiger partial charge in [-0.15, -0.1) is 0 Å². The van der Waals surface area contributed by atoms with Crippen molar-refractivity contribution in [1.82, 2.24) is 4.90 Å². The zero-order valence-corrected chi connectivity index (χ0v) is 6.00. The van der Waals surface area contributed by atoms with Crippen LogP contribution in [0.1, 0.15) is 13.3 Å². The Hall–Kier alpha value is -0.990. The molecule has 1 saturated heterocycles. The van der Waals surface area contributed by atoms with Crippen LogP contribution in [0.3, 0.4) is 0 Å². The largest absolute Gasteiger partial charge is 0.465 e. The highest BCUT2D eigenvalue weighted by atomic mass is 16.4. The summed E-state index contributed by atoms with van der Waals surface area (Å²) in [5, 5.41) is 8.53. The summed E-state index contributed by atoms with van der Waals surface area (Å²) in [6.45, 7) is 3.21. The van der Waals surface area contributed by atoms with Crippen molar-refractivity contribution in [2.24, 2.45) is 0 Å². The van der Waals surface area contributed by atoms with E-state index >= 15 is 0 Å². The summed E-state index contributed by atoms with van der Waals surface area (Å²) in [5.41, 5.74) is 1.22. The molecule has 3 heteroatoms. The molecule has 1 aliphatic rings. The van der Waals surface area contributed by atoms with E-state index in [1.807, 2.05) is 13.0 Å². The molecular formula is C7H11NO2. The molecule has 1 aliphatic heterocycles. The monoisotopic (exact) mass is 141 g/mol. The van der Waals surface area contributed by atoms with Crippen molar-refractivity contribution in [3.8, 4) is 0 Å². The van der Waals surface area contributed by atoms with Crippen molar-refractivity contribution < 1.29 is 9.90 Å². The van der Waals surface area contributed by atoms with Gasteiger partial charge in [0.05, 0.1) is 0 Å². The van der Waals surface area contributed by atoms with Crippen LogP contribution in [0.15, 0.2) is 11.6 Å². The number of rotatable bonds is 0. The van der Waals surface area contributed by atoms with E-state index in [4.69, 9.17) is 5.11 Å². The lowest BCUT2D eigenvalue weighted by Crippen LogP contribution is -2.25. The van der Waals surface area contributed by atoms with Crippen LogP contribution in [0.5, 0.6) is 0 Å². The van der Waals surface area contributed by atoms with Gasteiger partial charge in [-0.25, -0.2) is 4.79 Å². The Labute approximate surface area is 59.9 Å². The van der Waals surface area contributed by atoms with Crippen LogP contribution in [-0.2, 0) is 0 Å². The fourth-order valence-electron chi connectivity index (χ4n) is 1.08. The second kappa shape index (κ2) is 2.73. The van der Waals surface area contributed by atoms with E-state index in [0.717, 1.165) is 6.42 Å². The molecule has 1 rings (SSSR count). The fraction of sp³-hybridized carbons (Fsp3) is 0.571. The summed E-state index contributed by atoms with van der Waals surface area (Å²) in [5.74, 6) is 0. The molecule has 0 radical (unpaired) electrons. The summed E-state index contributed by atoms with van der Waals surface area (Å²) >= 11 is 0. The predicted octanol–water partition coefficient (Wildman–Crippen LogP) is 1.32. The molecule has 0 saturated carbocycles. The predicted molar refractivity (Wildman–Crippen MR) is 38.0 cm³/mol. The molecular weight excluding hydrogens is 130 g/mol. The third-order valence-corrected chi connectivity index (χ3v) is 1.78. The molecule has 1 heterocycles. The van der Waals surface area contributed by atoms with Crippen LogP contribution in [0.25, 0.3) is 0 Å². The molecule has 10 heavy (non-hydrogen) atoms. The quantitative estimate of drug-likeness (QED) is 0.517. The second-order valence-electron chi connectivity index (χ2n) is 2.40. The topological polar surface area (TPSA) is 40.5 Å². The molecule has 3 nitrogen and oxygen atoms in total. The SMILES string of the molecule is CC=C1CCN(C(=O)O)C1. The van der Waals surface area contributed by atoms with Gasteiger partial charge in [-0.2, -0.15) is 0 Å². The molecule has 0 aliphatic carbocycles. The first kappa shape index (κ1) is 7.12. The van der Waals surface area contributed by atoms with Crippen LogP contribution in [-0.4, -0.2) is 29.2 Å². The number of allylic oxidation sites excluding steroid dienone is 1. The molecule has 1 fully saturated rings. The van der Waals surface area contributed by atoms with Crippen molar-refractivity contribution in [2.45, 2.75) is 13.3 Å². The smallest absolute Gasteiger partial charge is 0.407 e. The lowest BCUT2D eigenvalue weighted by molar-refractivity contribution is 0.156. The van der Waals surface area contributed by atoms with Crippen molar-refractivity contribution in [2.75, 3.05) is 13.1 Å². The minimum absolute atomic E-state index is 0.603. The van der Waals surface area contributed by atoms with Crippen LogP contribution in [0.2, 0.25) is 0 Å². The summed E-state index contributed by atoms with van der Waals surface area (Å²) in [6, 6.07) is 0. The van der Waals surface area contributed by atoms with E-state index in [1.54, 1.807) is 0 Å². The lowest BCUT2D eigenvalue weighted by Gasteiger charge is -2.07. The van der Waals surface area contributed by atoms with Gasteiger partial charge >= 0.3 is 6.09 Å². The van der Waals surface area contributed by atoms with Crippen molar-refractivity contribution in [1.29, 1.82) is 0 Å². The summed E-state index contributed by atoms with van der Waals surface area (Å²) in [4.78, 5) is 11.8. The van der Waals surface area contributed by atoms with E-state index in [1.165, 1.54) is 10.5 Å². The van der Waals surface area contributed by atoms with Crippen molar-refractivity contribution in [3.05, 3.63) is 11.6 Å². The molecule has 0 aromatic rings. The lowest BCUT2D eigenvalue weighted by atomic mass is 10.2. The first-order valence-electron chi connectivity index (χ1n) is 3.36. The van der Waals surface area contributed by atoms with Gasteiger partial charge in [-0.1, -0.05) is 11.6 Å². The van der Waals surface area contributed by atoms with Gasteiger partial charge in [-0.05, 0) is 13.3 Å². The summed E-state index contributed by atoms with van der Waals surface area (Å²) in [6.07, 6.45) is 2.09. The number of nitrogens with zero attached hydrogens (tertiary/aromatic N) is 1. The first-order valence-corrected chi connectivity index (χ1v) is 3.36. The van der Waals surface area contributed by atoms with Gasteiger partial charge in [-0.3, -0.25) is 0 Å². The molecule has 0 spiro atoms. The number of carbonyl (C=O) groups is 1. The molecule has 1 amide bonds. The van der Waals surface area contributed by atoms with Gasteiger partial charge in [0.1, 0.15) is 0 Å². The van der Waals surface area contributed by atoms with Crippen LogP contribution < -0.4 is 0 Å². The Morgan fingerprint density at radius 3 is 2.80 bits per heavy atom. The van der Waals surface area contributed by atoms with Crippen LogP contribution in [0, 0.1) is 0 Å². The highest BCUT2D eigenvalue weighted by molar-refractivity contribution is 5.66. The Bertz CT molecular complexity index is 174. The Kier molecular flexibility index (Phi) is 1.94. The van der Waals surface area contributed by atoms with Gasteiger partial charge in [0.25, 0.3) is 0 Å². The molecule has 0 bridgehead atoms. The van der Waals surface area contributed by atoms with Gasteiger partial charge in [0.2, 0.25) is 0 Å². The zero-order valence-electron chi connectivity index (χ0n) is 6.00. The maximum absolute atomic E-state index is 10.4. The third-order valence-electron chi connectivity index (χ3n) is 1.78. The second-order valence-corrected chi connectivity index (χ2v) is 2.40. The Balaban J connectivity index is 2.51. The van der Waals surface area contributed by atoms with Gasteiger partial charge < -0.3 is 10.0 Å². The van der Waals surface area contributed by atoms with E-state index < -0.39 is 6.09 Å². The van der Waals surface area contributed by atoms with Crippen LogP contribution >= 0.6 is 0 Å². The summed E-state index contributed by atoms with van der Waals surface area (Å²) in [7, 11) is 0. The fourth-order valence-corrected chi connectivity index (χ4v) is 1.08. The van der Waals surface area contributed by atoms with Crippen LogP contribution in [0.4, 0.5) is 4.79 Å². The average molecular weight is 141 g/mol. The molecule has 56 valence electrons. The minimum Gasteiger partial charge on any atom is -0.465 e. The van der Waals surface area contributed by atoms with E-state index in [9.17, 15) is 4.79 Å². The highest BCUT2D eigenvalue weighted by Gasteiger charge is 2.19. The number of amides is 1. The maximum atomic E-state index is 10.4. The van der Waals surface area contributed by atoms with Crippen molar-refractivity contribution >= 4 is 6.09 Å². The Morgan fingerprint density at radius 2 is 2.50 bits per heavy atom. The van der Waals surface area contributed by atoms with E-state index in [0.29, 0.717) is 13.1 Å². The molecule has 1 N–H and O–H groups in total. The number of hydrogen-bond acceptors (Lipinski definition) is 1. The number of likely N-dealkylation sites (tertiary alicyclic amines) is 1. The average Bonchev–Trinajstić information content (AvgIpc) is 2.34. The minimum atomic E-state index is -0.808. The van der Waals surface area contributed by atoms with E-state index in [-0.39, 0.29) is 0 Å². The normalized spacial score (nSPS) is 22.1. The first-order chi connectivity index (χ1) is 4.74. The number of carboxylic acid groups (broad SMARTS) is 1. The molecule has 0 unspecified atom stereocenters. The zero-order chi connectivity index (χ0) is 7.56. The van der Waals surface area contributed by atoms with Gasteiger partial charge in [0.15, 0.2) is 0 Å². The highest BCUT2D eigenvalue weighted by Crippen LogP contribution is 2.13. The standard InChI is InChI=1S/C7H11NO2/c1-2-6-3-4-8(5-6)7(9)10/h2H,3-5H2,1H3,(H,9,10). The summed E-state index contributed by atoms with van der Waals surface area (Å²) < 4.78 is 0. The molecule has 0 aromatic heterocycles. The Morgan fingerprint density at radius 1 is 1.80 bits per heavy atom. The third kappa shape index (κ3) is 1.29. The van der Waals surface area contributed by atoms with E-state index in [2.05, 4.69) is 0 Å². The van der Waals surface area contributed by atoms with Crippen molar-refractivity contribution in [3.63, 3.8) is 0 Å². The maximum Gasteiger partial charge on any atom is 0.407 e. The molecule has 0 aromatic carbocycles. The molecule has 0 atom stereocenters. The van der Waals surface area contributed by atoms with Gasteiger partial charge in [0, 0.05) is 13.1 Å². The number of hydrogen-bond donors (Lipinski definition) is 1.